The average molecular weight is 299 g/mol. The molecule has 5 nitrogen and oxygen atoms in total. The SMILES string of the molecule is CS(=O)c1ccc(-c2ccc(Oc3cn[nH]n3)cc2)cc1. The third kappa shape index (κ3) is 3.17. The molecule has 3 aromatic rings. The maximum absolute atomic E-state index is 11.4. The molecule has 106 valence electrons. The molecule has 21 heavy (non-hydrogen) atoms. The Hall–Kier alpha value is -2.47. The fourth-order valence-electron chi connectivity index (χ4n) is 1.92. The Morgan fingerprint density at radius 1 is 1.00 bits per heavy atom. The lowest BCUT2D eigenvalue weighted by Gasteiger charge is -2.05. The van der Waals surface area contributed by atoms with Crippen molar-refractivity contribution in [1.82, 2.24) is 15.4 Å². The molecule has 0 aliphatic carbocycles. The standard InChI is InChI=1S/C15H13N3O2S/c1-21(19)14-8-4-12(5-9-14)11-2-6-13(7-3-11)20-15-10-16-18-17-15/h2-10H,1H3,(H,16,17,18). The Balaban J connectivity index is 1.78. The van der Waals surface area contributed by atoms with Gasteiger partial charge in [-0.25, -0.2) is 0 Å². The summed E-state index contributed by atoms with van der Waals surface area (Å²) in [7, 11) is -0.952. The van der Waals surface area contributed by atoms with Crippen molar-refractivity contribution in [1.29, 1.82) is 0 Å². The fraction of sp³-hybridized carbons (Fsp3) is 0.0667. The number of benzene rings is 2. The topological polar surface area (TPSA) is 67.9 Å². The first-order valence-electron chi connectivity index (χ1n) is 6.30. The Morgan fingerprint density at radius 3 is 2.14 bits per heavy atom. The first-order valence-corrected chi connectivity index (χ1v) is 7.86. The number of rotatable bonds is 4. The molecule has 1 N–H and O–H groups in total. The van der Waals surface area contributed by atoms with E-state index >= 15 is 0 Å². The molecule has 1 aromatic heterocycles. The molecule has 0 fully saturated rings. The summed E-state index contributed by atoms with van der Waals surface area (Å²) < 4.78 is 16.9. The Bertz CT molecular complexity index is 738. The molecular weight excluding hydrogens is 286 g/mol. The molecule has 0 saturated heterocycles. The highest BCUT2D eigenvalue weighted by Gasteiger charge is 2.03. The summed E-state index contributed by atoms with van der Waals surface area (Å²) in [6, 6.07) is 15.4. The summed E-state index contributed by atoms with van der Waals surface area (Å²) >= 11 is 0. The monoisotopic (exact) mass is 299 g/mol. The molecule has 1 atom stereocenters. The molecule has 0 radical (unpaired) electrons. The zero-order valence-electron chi connectivity index (χ0n) is 11.3. The van der Waals surface area contributed by atoms with Gasteiger partial charge in [-0.1, -0.05) is 24.3 Å². The molecular formula is C15H13N3O2S. The van der Waals surface area contributed by atoms with Crippen LogP contribution in [0.1, 0.15) is 0 Å². The highest BCUT2D eigenvalue weighted by atomic mass is 32.2. The second kappa shape index (κ2) is 5.88. The Morgan fingerprint density at radius 2 is 1.62 bits per heavy atom. The smallest absolute Gasteiger partial charge is 0.258 e. The summed E-state index contributed by atoms with van der Waals surface area (Å²) in [5.41, 5.74) is 2.13. The van der Waals surface area contributed by atoms with Gasteiger partial charge in [-0.3, -0.25) is 4.21 Å². The van der Waals surface area contributed by atoms with E-state index in [9.17, 15) is 4.21 Å². The number of aromatic amines is 1. The molecule has 0 spiro atoms. The highest BCUT2D eigenvalue weighted by molar-refractivity contribution is 7.84. The summed E-state index contributed by atoms with van der Waals surface area (Å²) in [5.74, 6) is 1.12. The minimum absolute atomic E-state index is 0.428. The van der Waals surface area contributed by atoms with Crippen LogP contribution < -0.4 is 4.74 Å². The summed E-state index contributed by atoms with van der Waals surface area (Å²) in [6.45, 7) is 0. The quantitative estimate of drug-likeness (QED) is 0.804. The lowest BCUT2D eigenvalue weighted by Crippen LogP contribution is -1.87. The Kier molecular flexibility index (Phi) is 3.79. The Labute approximate surface area is 124 Å². The van der Waals surface area contributed by atoms with E-state index in [1.165, 1.54) is 6.20 Å². The van der Waals surface area contributed by atoms with Crippen molar-refractivity contribution in [3.8, 4) is 22.8 Å². The minimum Gasteiger partial charge on any atom is -0.436 e. The molecule has 0 amide bonds. The van der Waals surface area contributed by atoms with Crippen LogP contribution in [0, 0.1) is 0 Å². The van der Waals surface area contributed by atoms with Crippen molar-refractivity contribution in [3.05, 3.63) is 54.7 Å². The van der Waals surface area contributed by atoms with E-state index in [2.05, 4.69) is 15.4 Å². The van der Waals surface area contributed by atoms with E-state index < -0.39 is 10.8 Å². The van der Waals surface area contributed by atoms with Gasteiger partial charge in [-0.05, 0) is 35.4 Å². The van der Waals surface area contributed by atoms with E-state index in [1.807, 2.05) is 48.5 Å². The fourth-order valence-corrected chi connectivity index (χ4v) is 2.43. The minimum atomic E-state index is -0.952. The van der Waals surface area contributed by atoms with Crippen LogP contribution in [0.15, 0.2) is 59.6 Å². The van der Waals surface area contributed by atoms with E-state index in [1.54, 1.807) is 6.26 Å². The highest BCUT2D eigenvalue weighted by Crippen LogP contribution is 2.25. The zero-order chi connectivity index (χ0) is 14.7. The number of aromatic nitrogens is 3. The van der Waals surface area contributed by atoms with E-state index in [0.29, 0.717) is 11.6 Å². The summed E-state index contributed by atoms with van der Waals surface area (Å²) in [5, 5.41) is 10.0. The molecule has 6 heteroatoms. The van der Waals surface area contributed by atoms with Gasteiger partial charge in [0.05, 0.1) is 0 Å². The average Bonchev–Trinajstić information content (AvgIpc) is 3.01. The van der Waals surface area contributed by atoms with Crippen LogP contribution in [0.25, 0.3) is 11.1 Å². The number of ether oxygens (including phenoxy) is 1. The molecule has 0 saturated carbocycles. The van der Waals surface area contributed by atoms with E-state index in [4.69, 9.17) is 4.74 Å². The lowest BCUT2D eigenvalue weighted by atomic mass is 10.1. The normalized spacial score (nSPS) is 12.0. The van der Waals surface area contributed by atoms with Gasteiger partial charge < -0.3 is 4.74 Å². The maximum atomic E-state index is 11.4. The maximum Gasteiger partial charge on any atom is 0.258 e. The first kappa shape index (κ1) is 13.5. The molecule has 0 aliphatic rings. The van der Waals surface area contributed by atoms with Gasteiger partial charge in [0.15, 0.2) is 0 Å². The van der Waals surface area contributed by atoms with Gasteiger partial charge in [0.25, 0.3) is 5.88 Å². The molecule has 2 aromatic carbocycles. The van der Waals surface area contributed by atoms with Crippen molar-refractivity contribution >= 4 is 10.8 Å². The van der Waals surface area contributed by atoms with Crippen LogP contribution in [0.5, 0.6) is 11.6 Å². The van der Waals surface area contributed by atoms with Gasteiger partial charge in [-0.2, -0.15) is 10.3 Å². The van der Waals surface area contributed by atoms with Gasteiger partial charge in [0, 0.05) is 22.0 Å². The zero-order valence-corrected chi connectivity index (χ0v) is 12.1. The first-order chi connectivity index (χ1) is 10.2. The lowest BCUT2D eigenvalue weighted by molar-refractivity contribution is 0.461. The van der Waals surface area contributed by atoms with Crippen molar-refractivity contribution in [2.45, 2.75) is 4.90 Å². The second-order valence-electron chi connectivity index (χ2n) is 4.41. The largest absolute Gasteiger partial charge is 0.436 e. The summed E-state index contributed by atoms with van der Waals surface area (Å²) in [4.78, 5) is 0.824. The van der Waals surface area contributed by atoms with Gasteiger partial charge in [0.1, 0.15) is 11.9 Å². The van der Waals surface area contributed by atoms with Crippen molar-refractivity contribution < 1.29 is 8.95 Å². The number of hydrogen-bond donors (Lipinski definition) is 1. The van der Waals surface area contributed by atoms with E-state index in [0.717, 1.165) is 16.0 Å². The van der Waals surface area contributed by atoms with Gasteiger partial charge in [-0.15, -0.1) is 5.10 Å². The van der Waals surface area contributed by atoms with Gasteiger partial charge in [0.2, 0.25) is 0 Å². The number of H-pyrrole nitrogens is 1. The van der Waals surface area contributed by atoms with Crippen LogP contribution in [0.2, 0.25) is 0 Å². The third-order valence-electron chi connectivity index (χ3n) is 2.99. The van der Waals surface area contributed by atoms with Crippen LogP contribution in [-0.4, -0.2) is 25.9 Å². The van der Waals surface area contributed by atoms with Crippen LogP contribution in [-0.2, 0) is 10.8 Å². The third-order valence-corrected chi connectivity index (χ3v) is 3.93. The molecule has 0 bridgehead atoms. The number of nitrogens with zero attached hydrogens (tertiary/aromatic N) is 2. The van der Waals surface area contributed by atoms with Crippen molar-refractivity contribution in [2.24, 2.45) is 0 Å². The van der Waals surface area contributed by atoms with E-state index in [-0.39, 0.29) is 0 Å². The van der Waals surface area contributed by atoms with Crippen molar-refractivity contribution in [3.63, 3.8) is 0 Å². The summed E-state index contributed by atoms with van der Waals surface area (Å²) in [6.07, 6.45) is 3.18. The number of hydrogen-bond acceptors (Lipinski definition) is 4. The molecule has 1 heterocycles. The van der Waals surface area contributed by atoms with Gasteiger partial charge >= 0.3 is 0 Å². The van der Waals surface area contributed by atoms with Crippen LogP contribution in [0.3, 0.4) is 0 Å². The molecule has 1 unspecified atom stereocenters. The molecule has 3 rings (SSSR count). The predicted octanol–water partition coefficient (Wildman–Crippen LogP) is 3.00. The molecule has 0 aliphatic heterocycles. The van der Waals surface area contributed by atoms with Crippen LogP contribution >= 0.6 is 0 Å². The number of nitrogens with one attached hydrogen (secondary N) is 1. The predicted molar refractivity (Wildman–Crippen MR) is 80.7 cm³/mol. The van der Waals surface area contributed by atoms with Crippen LogP contribution in [0.4, 0.5) is 0 Å². The second-order valence-corrected chi connectivity index (χ2v) is 5.79. The van der Waals surface area contributed by atoms with Crippen molar-refractivity contribution in [2.75, 3.05) is 6.26 Å².